The van der Waals surface area contributed by atoms with Gasteiger partial charge in [-0.2, -0.15) is 0 Å². The van der Waals surface area contributed by atoms with Gasteiger partial charge in [0.15, 0.2) is 11.5 Å². The highest BCUT2D eigenvalue weighted by Gasteiger charge is 2.15. The number of aryl methyl sites for hydroxylation is 1. The summed E-state index contributed by atoms with van der Waals surface area (Å²) in [4.78, 5) is 4.15. The maximum Gasteiger partial charge on any atom is 0.184 e. The van der Waals surface area contributed by atoms with E-state index in [-0.39, 0.29) is 6.04 Å². The van der Waals surface area contributed by atoms with Crippen LogP contribution in [0.3, 0.4) is 0 Å². The van der Waals surface area contributed by atoms with Gasteiger partial charge in [-0.15, -0.1) is 0 Å². The molecule has 0 aliphatic carbocycles. The summed E-state index contributed by atoms with van der Waals surface area (Å²) in [6, 6.07) is 8.03. The fraction of sp³-hybridized carbons (Fsp3) is 0.312. The average molecular weight is 272 g/mol. The molecular formula is C16H20N2O2. The second-order valence-corrected chi connectivity index (χ2v) is 4.65. The Kier molecular flexibility index (Phi) is 4.45. The Bertz CT molecular complexity index is 570. The Balaban J connectivity index is 2.33. The summed E-state index contributed by atoms with van der Waals surface area (Å²) in [6.07, 6.45) is 3.63. The number of rotatable bonds is 5. The van der Waals surface area contributed by atoms with Crippen molar-refractivity contribution in [1.82, 2.24) is 4.98 Å². The van der Waals surface area contributed by atoms with Crippen LogP contribution in [0, 0.1) is 6.92 Å². The third kappa shape index (κ3) is 2.85. The Morgan fingerprint density at radius 1 is 1.15 bits per heavy atom. The van der Waals surface area contributed by atoms with Crippen LogP contribution in [0.4, 0.5) is 5.69 Å². The van der Waals surface area contributed by atoms with Gasteiger partial charge in [-0.1, -0.05) is 12.1 Å². The van der Waals surface area contributed by atoms with E-state index in [1.165, 1.54) is 0 Å². The molecule has 0 saturated heterocycles. The van der Waals surface area contributed by atoms with E-state index in [0.29, 0.717) is 0 Å². The summed E-state index contributed by atoms with van der Waals surface area (Å²) in [5.41, 5.74) is 3.18. The summed E-state index contributed by atoms with van der Waals surface area (Å²) in [6.45, 7) is 4.13. The van der Waals surface area contributed by atoms with E-state index in [1.54, 1.807) is 20.4 Å². The first-order valence-electron chi connectivity index (χ1n) is 6.55. The van der Waals surface area contributed by atoms with Gasteiger partial charge in [0, 0.05) is 12.4 Å². The first kappa shape index (κ1) is 14.2. The molecule has 0 aliphatic heterocycles. The van der Waals surface area contributed by atoms with Crippen LogP contribution in [-0.4, -0.2) is 19.2 Å². The van der Waals surface area contributed by atoms with Crippen LogP contribution >= 0.6 is 0 Å². The lowest BCUT2D eigenvalue weighted by molar-refractivity contribution is 0.356. The molecule has 106 valence electrons. The molecule has 1 N–H and O–H groups in total. The molecule has 4 nitrogen and oxygen atoms in total. The number of benzene rings is 1. The molecule has 1 aromatic carbocycles. The Morgan fingerprint density at radius 2 is 1.95 bits per heavy atom. The second-order valence-electron chi connectivity index (χ2n) is 4.65. The molecule has 2 aromatic rings. The van der Waals surface area contributed by atoms with Crippen molar-refractivity contribution in [3.63, 3.8) is 0 Å². The molecule has 0 fully saturated rings. The first-order valence-corrected chi connectivity index (χ1v) is 6.55. The third-order valence-electron chi connectivity index (χ3n) is 3.30. The molecule has 0 radical (unpaired) electrons. The maximum atomic E-state index is 5.48. The van der Waals surface area contributed by atoms with Gasteiger partial charge in [0.2, 0.25) is 0 Å². The second kappa shape index (κ2) is 6.28. The molecule has 4 heteroatoms. The number of hydrogen-bond donors (Lipinski definition) is 1. The van der Waals surface area contributed by atoms with Gasteiger partial charge in [-0.05, 0) is 37.1 Å². The normalized spacial score (nSPS) is 11.8. The molecule has 1 atom stereocenters. The van der Waals surface area contributed by atoms with Crippen molar-refractivity contribution in [3.8, 4) is 11.5 Å². The highest BCUT2D eigenvalue weighted by Crippen LogP contribution is 2.39. The van der Waals surface area contributed by atoms with Gasteiger partial charge >= 0.3 is 0 Å². The van der Waals surface area contributed by atoms with Crippen molar-refractivity contribution in [2.75, 3.05) is 19.5 Å². The largest absolute Gasteiger partial charge is 0.493 e. The van der Waals surface area contributed by atoms with Crippen molar-refractivity contribution in [2.24, 2.45) is 0 Å². The van der Waals surface area contributed by atoms with Crippen molar-refractivity contribution < 1.29 is 9.47 Å². The van der Waals surface area contributed by atoms with Crippen molar-refractivity contribution >= 4 is 5.69 Å². The van der Waals surface area contributed by atoms with E-state index in [2.05, 4.69) is 17.2 Å². The topological polar surface area (TPSA) is 43.4 Å². The minimum atomic E-state index is 0.128. The summed E-state index contributed by atoms with van der Waals surface area (Å²) < 4.78 is 10.8. The molecule has 0 amide bonds. The van der Waals surface area contributed by atoms with E-state index >= 15 is 0 Å². The van der Waals surface area contributed by atoms with Gasteiger partial charge in [-0.25, -0.2) is 0 Å². The quantitative estimate of drug-likeness (QED) is 0.903. The monoisotopic (exact) mass is 272 g/mol. The lowest BCUT2D eigenvalue weighted by Crippen LogP contribution is -2.09. The fourth-order valence-electron chi connectivity index (χ4n) is 2.14. The maximum absolute atomic E-state index is 5.48. The average Bonchev–Trinajstić information content (AvgIpc) is 2.49. The highest BCUT2D eigenvalue weighted by atomic mass is 16.5. The molecule has 1 aromatic heterocycles. The lowest BCUT2D eigenvalue weighted by atomic mass is 10.1. The van der Waals surface area contributed by atoms with Crippen LogP contribution in [0.25, 0.3) is 0 Å². The first-order chi connectivity index (χ1) is 9.67. The number of hydrogen-bond acceptors (Lipinski definition) is 4. The molecule has 0 bridgehead atoms. The van der Waals surface area contributed by atoms with Gasteiger partial charge in [-0.3, -0.25) is 4.98 Å². The van der Waals surface area contributed by atoms with Crippen LogP contribution < -0.4 is 14.8 Å². The van der Waals surface area contributed by atoms with Gasteiger partial charge in [0.25, 0.3) is 0 Å². The standard InChI is InChI=1S/C16H20N2O2/c1-11-7-8-14(19-3)16(20-4)15(11)18-12(2)13-6-5-9-17-10-13/h5-10,12,18H,1-4H3/t12-/m0/s1. The fourth-order valence-corrected chi connectivity index (χ4v) is 2.14. The molecular weight excluding hydrogens is 252 g/mol. The minimum Gasteiger partial charge on any atom is -0.493 e. The van der Waals surface area contributed by atoms with Crippen LogP contribution in [0.5, 0.6) is 11.5 Å². The van der Waals surface area contributed by atoms with E-state index in [4.69, 9.17) is 9.47 Å². The Hall–Kier alpha value is -2.23. The zero-order valence-electron chi connectivity index (χ0n) is 12.3. The van der Waals surface area contributed by atoms with E-state index in [1.807, 2.05) is 37.4 Å². The van der Waals surface area contributed by atoms with Crippen LogP contribution in [0.2, 0.25) is 0 Å². The van der Waals surface area contributed by atoms with E-state index < -0.39 is 0 Å². The summed E-state index contributed by atoms with van der Waals surface area (Å²) in [7, 11) is 3.29. The third-order valence-corrected chi connectivity index (χ3v) is 3.30. The number of methoxy groups -OCH3 is 2. The number of ether oxygens (including phenoxy) is 2. The zero-order valence-corrected chi connectivity index (χ0v) is 12.3. The van der Waals surface area contributed by atoms with Gasteiger partial charge < -0.3 is 14.8 Å². The number of nitrogens with zero attached hydrogens (tertiary/aromatic N) is 1. The smallest absolute Gasteiger partial charge is 0.184 e. The van der Waals surface area contributed by atoms with Crippen molar-refractivity contribution in [3.05, 3.63) is 47.8 Å². The van der Waals surface area contributed by atoms with Gasteiger partial charge in [0.1, 0.15) is 0 Å². The van der Waals surface area contributed by atoms with Crippen LogP contribution in [0.1, 0.15) is 24.1 Å². The van der Waals surface area contributed by atoms with E-state index in [9.17, 15) is 0 Å². The predicted molar refractivity (Wildman–Crippen MR) is 80.6 cm³/mol. The highest BCUT2D eigenvalue weighted by molar-refractivity contribution is 5.68. The zero-order chi connectivity index (χ0) is 14.5. The molecule has 1 heterocycles. The number of aromatic nitrogens is 1. The van der Waals surface area contributed by atoms with Crippen molar-refractivity contribution in [2.45, 2.75) is 19.9 Å². The molecule has 0 unspecified atom stereocenters. The molecule has 0 spiro atoms. The Morgan fingerprint density at radius 3 is 2.55 bits per heavy atom. The minimum absolute atomic E-state index is 0.128. The van der Waals surface area contributed by atoms with E-state index in [0.717, 1.165) is 28.3 Å². The number of nitrogens with one attached hydrogen (secondary N) is 1. The van der Waals surface area contributed by atoms with Gasteiger partial charge in [0.05, 0.1) is 25.9 Å². The molecule has 0 saturated carbocycles. The summed E-state index contributed by atoms with van der Waals surface area (Å²) in [5.74, 6) is 1.45. The SMILES string of the molecule is COc1ccc(C)c(N[C@@H](C)c2cccnc2)c1OC. The summed E-state index contributed by atoms with van der Waals surface area (Å²) in [5, 5.41) is 3.48. The number of anilines is 1. The van der Waals surface area contributed by atoms with Crippen LogP contribution in [-0.2, 0) is 0 Å². The predicted octanol–water partition coefficient (Wildman–Crippen LogP) is 3.58. The van der Waals surface area contributed by atoms with Crippen molar-refractivity contribution in [1.29, 1.82) is 0 Å². The molecule has 2 rings (SSSR count). The molecule has 20 heavy (non-hydrogen) atoms. The lowest BCUT2D eigenvalue weighted by Gasteiger charge is -2.21. The number of pyridine rings is 1. The molecule has 0 aliphatic rings. The Labute approximate surface area is 119 Å². The summed E-state index contributed by atoms with van der Waals surface area (Å²) >= 11 is 0. The van der Waals surface area contributed by atoms with Crippen LogP contribution in [0.15, 0.2) is 36.7 Å².